The van der Waals surface area contributed by atoms with E-state index in [9.17, 15) is 4.39 Å². The summed E-state index contributed by atoms with van der Waals surface area (Å²) in [5.74, 6) is -0.465. The zero-order chi connectivity index (χ0) is 9.84. The van der Waals surface area contributed by atoms with E-state index in [1.807, 2.05) is 0 Å². The highest BCUT2D eigenvalue weighted by Crippen LogP contribution is 2.19. The Morgan fingerprint density at radius 1 is 1.62 bits per heavy atom. The van der Waals surface area contributed by atoms with Crippen LogP contribution in [0.25, 0.3) is 0 Å². The van der Waals surface area contributed by atoms with Crippen LogP contribution in [0.5, 0.6) is 0 Å². The molecule has 72 valence electrons. The zero-order valence-corrected chi connectivity index (χ0v) is 7.98. The summed E-state index contributed by atoms with van der Waals surface area (Å²) in [6.45, 7) is -0.0719. The molecule has 0 aliphatic heterocycles. The Morgan fingerprint density at radius 2 is 2.31 bits per heavy atom. The van der Waals surface area contributed by atoms with Crippen molar-refractivity contribution in [2.45, 2.75) is 6.04 Å². The van der Waals surface area contributed by atoms with Gasteiger partial charge in [-0.2, -0.15) is 0 Å². The molecule has 0 saturated heterocycles. The van der Waals surface area contributed by atoms with Gasteiger partial charge < -0.3 is 10.4 Å². The van der Waals surface area contributed by atoms with E-state index in [2.05, 4.69) is 5.32 Å². The van der Waals surface area contributed by atoms with E-state index in [-0.39, 0.29) is 17.7 Å². The van der Waals surface area contributed by atoms with E-state index in [4.69, 9.17) is 16.7 Å². The minimum absolute atomic E-state index is 0.0719. The largest absolute Gasteiger partial charge is 0.394 e. The second-order valence-electron chi connectivity index (χ2n) is 2.70. The normalized spacial score (nSPS) is 12.9. The molecule has 0 bridgehead atoms. The Labute approximate surface area is 81.3 Å². The Morgan fingerprint density at radius 3 is 2.77 bits per heavy atom. The number of aliphatic hydroxyl groups excluding tert-OH is 1. The van der Waals surface area contributed by atoms with Gasteiger partial charge in [0.1, 0.15) is 5.82 Å². The Kier molecular flexibility index (Phi) is 3.66. The summed E-state index contributed by atoms with van der Waals surface area (Å²) < 4.78 is 13.0. The van der Waals surface area contributed by atoms with Crippen molar-refractivity contribution in [3.05, 3.63) is 34.6 Å². The second kappa shape index (κ2) is 4.56. The van der Waals surface area contributed by atoms with Gasteiger partial charge in [-0.15, -0.1) is 0 Å². The molecule has 1 aromatic carbocycles. The van der Waals surface area contributed by atoms with Crippen LogP contribution in [0.1, 0.15) is 11.6 Å². The van der Waals surface area contributed by atoms with Crippen molar-refractivity contribution in [1.82, 2.24) is 5.32 Å². The fourth-order valence-corrected chi connectivity index (χ4v) is 1.21. The Bertz CT molecular complexity index is 289. The predicted octanol–water partition coefficient (Wildman–Crippen LogP) is 1.73. The van der Waals surface area contributed by atoms with Gasteiger partial charge in [0, 0.05) is 0 Å². The van der Waals surface area contributed by atoms with Gasteiger partial charge in [0.25, 0.3) is 0 Å². The quantitative estimate of drug-likeness (QED) is 0.784. The number of nitrogens with one attached hydrogen (secondary N) is 1. The van der Waals surface area contributed by atoms with Crippen molar-refractivity contribution in [2.75, 3.05) is 13.7 Å². The first-order valence-electron chi connectivity index (χ1n) is 3.92. The van der Waals surface area contributed by atoms with Crippen LogP contribution >= 0.6 is 11.6 Å². The van der Waals surface area contributed by atoms with Gasteiger partial charge >= 0.3 is 0 Å². The zero-order valence-electron chi connectivity index (χ0n) is 7.22. The molecule has 0 aromatic heterocycles. The van der Waals surface area contributed by atoms with Crippen molar-refractivity contribution in [3.8, 4) is 0 Å². The summed E-state index contributed by atoms with van der Waals surface area (Å²) in [5, 5.41) is 11.9. The number of rotatable bonds is 3. The van der Waals surface area contributed by atoms with Gasteiger partial charge in [0.15, 0.2) is 0 Å². The second-order valence-corrected chi connectivity index (χ2v) is 3.10. The average molecular weight is 204 g/mol. The summed E-state index contributed by atoms with van der Waals surface area (Å²) in [4.78, 5) is 0. The molecule has 1 unspecified atom stereocenters. The van der Waals surface area contributed by atoms with Gasteiger partial charge in [-0.05, 0) is 24.7 Å². The molecule has 0 radical (unpaired) electrons. The predicted molar refractivity (Wildman–Crippen MR) is 50.3 cm³/mol. The van der Waals surface area contributed by atoms with E-state index in [1.165, 1.54) is 12.1 Å². The smallest absolute Gasteiger partial charge is 0.142 e. The summed E-state index contributed by atoms with van der Waals surface area (Å²) in [6, 6.07) is 4.24. The van der Waals surface area contributed by atoms with Gasteiger partial charge in [-0.25, -0.2) is 4.39 Å². The van der Waals surface area contributed by atoms with Gasteiger partial charge in [-0.1, -0.05) is 17.7 Å². The van der Waals surface area contributed by atoms with Crippen molar-refractivity contribution < 1.29 is 9.50 Å². The summed E-state index contributed by atoms with van der Waals surface area (Å²) in [5.41, 5.74) is 0.687. The maximum atomic E-state index is 13.0. The van der Waals surface area contributed by atoms with E-state index >= 15 is 0 Å². The summed E-state index contributed by atoms with van der Waals surface area (Å²) in [7, 11) is 1.70. The summed E-state index contributed by atoms with van der Waals surface area (Å²) >= 11 is 5.51. The highest BCUT2D eigenvalue weighted by molar-refractivity contribution is 6.30. The Balaban J connectivity index is 2.95. The molecule has 0 fully saturated rings. The lowest BCUT2D eigenvalue weighted by Crippen LogP contribution is -2.19. The molecule has 0 saturated carbocycles. The van der Waals surface area contributed by atoms with Crippen LogP contribution < -0.4 is 5.32 Å². The highest BCUT2D eigenvalue weighted by Gasteiger charge is 2.09. The van der Waals surface area contributed by atoms with Gasteiger partial charge in [0.2, 0.25) is 0 Å². The monoisotopic (exact) mass is 203 g/mol. The van der Waals surface area contributed by atoms with Crippen LogP contribution in [-0.2, 0) is 0 Å². The molecular formula is C9H11ClFNO. The van der Waals surface area contributed by atoms with Crippen LogP contribution in [0.2, 0.25) is 5.02 Å². The standard InChI is InChI=1S/C9H11ClFNO/c1-12-9(5-13)6-2-3-7(10)8(11)4-6/h2-4,9,12-13H,5H2,1H3. The number of likely N-dealkylation sites (N-methyl/N-ethyl adjacent to an activating group) is 1. The third-order valence-electron chi connectivity index (χ3n) is 1.88. The maximum absolute atomic E-state index is 13.0. The average Bonchev–Trinajstić information content (AvgIpc) is 2.13. The molecule has 2 nitrogen and oxygen atoms in total. The van der Waals surface area contributed by atoms with Gasteiger partial charge in [-0.3, -0.25) is 0 Å². The molecule has 1 aromatic rings. The molecule has 13 heavy (non-hydrogen) atoms. The topological polar surface area (TPSA) is 32.3 Å². The molecular weight excluding hydrogens is 193 g/mol. The first-order valence-corrected chi connectivity index (χ1v) is 4.30. The molecule has 1 rings (SSSR count). The first kappa shape index (κ1) is 10.4. The SMILES string of the molecule is CNC(CO)c1ccc(Cl)c(F)c1. The number of aliphatic hydroxyl groups is 1. The first-order chi connectivity index (χ1) is 6.19. The molecule has 2 N–H and O–H groups in total. The van der Waals surface area contributed by atoms with Crippen molar-refractivity contribution in [2.24, 2.45) is 0 Å². The number of hydrogen-bond donors (Lipinski definition) is 2. The lowest BCUT2D eigenvalue weighted by atomic mass is 10.1. The fourth-order valence-electron chi connectivity index (χ4n) is 1.09. The van der Waals surface area contributed by atoms with E-state index in [0.29, 0.717) is 5.56 Å². The number of benzene rings is 1. The van der Waals surface area contributed by atoms with Crippen molar-refractivity contribution in [1.29, 1.82) is 0 Å². The number of hydrogen-bond acceptors (Lipinski definition) is 2. The van der Waals surface area contributed by atoms with Gasteiger partial charge in [0.05, 0.1) is 17.7 Å². The minimum Gasteiger partial charge on any atom is -0.394 e. The fraction of sp³-hybridized carbons (Fsp3) is 0.333. The summed E-state index contributed by atoms with van der Waals surface area (Å²) in [6.07, 6.45) is 0. The molecule has 0 spiro atoms. The van der Waals surface area contributed by atoms with E-state index in [0.717, 1.165) is 0 Å². The lowest BCUT2D eigenvalue weighted by Gasteiger charge is -2.13. The van der Waals surface area contributed by atoms with Crippen LogP contribution in [-0.4, -0.2) is 18.8 Å². The third-order valence-corrected chi connectivity index (χ3v) is 2.18. The number of halogens is 2. The van der Waals surface area contributed by atoms with Crippen LogP contribution in [0.3, 0.4) is 0 Å². The van der Waals surface area contributed by atoms with E-state index in [1.54, 1.807) is 13.1 Å². The molecule has 0 aliphatic rings. The van der Waals surface area contributed by atoms with Crippen LogP contribution in [0, 0.1) is 5.82 Å². The third kappa shape index (κ3) is 2.40. The highest BCUT2D eigenvalue weighted by atomic mass is 35.5. The molecule has 4 heteroatoms. The van der Waals surface area contributed by atoms with Crippen LogP contribution in [0.15, 0.2) is 18.2 Å². The molecule has 0 aliphatic carbocycles. The molecule has 0 heterocycles. The lowest BCUT2D eigenvalue weighted by molar-refractivity contribution is 0.250. The van der Waals surface area contributed by atoms with Crippen LogP contribution in [0.4, 0.5) is 4.39 Å². The van der Waals surface area contributed by atoms with Crippen molar-refractivity contribution >= 4 is 11.6 Å². The maximum Gasteiger partial charge on any atom is 0.142 e. The van der Waals surface area contributed by atoms with E-state index < -0.39 is 5.82 Å². The Hall–Kier alpha value is -0.640. The molecule has 1 atom stereocenters. The minimum atomic E-state index is -0.465. The molecule has 0 amide bonds. The van der Waals surface area contributed by atoms with Crippen molar-refractivity contribution in [3.63, 3.8) is 0 Å².